The molecule has 0 heterocycles. The average molecular weight is 428 g/mol. The highest BCUT2D eigenvalue weighted by molar-refractivity contribution is 7.90. The molecule has 0 atom stereocenters. The zero-order valence-electron chi connectivity index (χ0n) is 15.7. The van der Waals surface area contributed by atoms with Crippen LogP contribution in [0.1, 0.15) is 12.0 Å². The maximum absolute atomic E-state index is 13.2. The molecule has 0 bridgehead atoms. The molecule has 0 saturated heterocycles. The molecule has 0 aromatic heterocycles. The first-order valence-corrected chi connectivity index (χ1v) is 10.4. The Balaban J connectivity index is 1.96. The van der Waals surface area contributed by atoms with Crippen LogP contribution in [-0.4, -0.2) is 45.8 Å². The molecular formula is C19H23ClFN3O3S. The van der Waals surface area contributed by atoms with Crippen LogP contribution in [0.4, 0.5) is 10.1 Å². The Labute approximate surface area is 170 Å². The van der Waals surface area contributed by atoms with E-state index in [9.17, 15) is 17.6 Å². The first kappa shape index (κ1) is 22.1. The van der Waals surface area contributed by atoms with Crippen LogP contribution in [-0.2, 0) is 21.4 Å². The Morgan fingerprint density at radius 2 is 1.68 bits per heavy atom. The largest absolute Gasteiger partial charge is 0.355 e. The third-order valence-electron chi connectivity index (χ3n) is 4.02. The van der Waals surface area contributed by atoms with Gasteiger partial charge in [-0.25, -0.2) is 8.70 Å². The van der Waals surface area contributed by atoms with E-state index in [4.69, 9.17) is 11.6 Å². The lowest BCUT2D eigenvalue weighted by Gasteiger charge is -2.26. The van der Waals surface area contributed by atoms with Crippen molar-refractivity contribution in [2.24, 2.45) is 0 Å². The van der Waals surface area contributed by atoms with Gasteiger partial charge >= 0.3 is 10.2 Å². The fourth-order valence-electron chi connectivity index (χ4n) is 2.47. The van der Waals surface area contributed by atoms with Crippen LogP contribution < -0.4 is 9.62 Å². The number of carbonyl (C=O) groups is 1. The van der Waals surface area contributed by atoms with Gasteiger partial charge < -0.3 is 5.32 Å². The zero-order valence-corrected chi connectivity index (χ0v) is 17.3. The third kappa shape index (κ3) is 6.19. The predicted molar refractivity (Wildman–Crippen MR) is 109 cm³/mol. The van der Waals surface area contributed by atoms with Crippen LogP contribution in [0.25, 0.3) is 0 Å². The van der Waals surface area contributed by atoms with Gasteiger partial charge in [0.25, 0.3) is 0 Å². The normalized spacial score (nSPS) is 11.5. The highest BCUT2D eigenvalue weighted by Gasteiger charge is 2.27. The molecule has 0 spiro atoms. The third-order valence-corrected chi connectivity index (χ3v) is 6.09. The summed E-state index contributed by atoms with van der Waals surface area (Å²) < 4.78 is 40.2. The number of aryl methyl sites for hydroxylation is 1. The van der Waals surface area contributed by atoms with Crippen LogP contribution >= 0.6 is 11.6 Å². The summed E-state index contributed by atoms with van der Waals surface area (Å²) in [7, 11) is -1.16. The molecule has 0 aliphatic rings. The van der Waals surface area contributed by atoms with Crippen LogP contribution in [0.15, 0.2) is 48.5 Å². The van der Waals surface area contributed by atoms with E-state index in [1.807, 2.05) is 24.3 Å². The fourth-order valence-corrected chi connectivity index (χ4v) is 3.66. The molecule has 1 N–H and O–H groups in total. The summed E-state index contributed by atoms with van der Waals surface area (Å²) in [4.78, 5) is 12.3. The minimum atomic E-state index is -3.91. The topological polar surface area (TPSA) is 69.7 Å². The second-order valence-corrected chi connectivity index (χ2v) is 8.86. The van der Waals surface area contributed by atoms with Crippen LogP contribution in [0.2, 0.25) is 5.02 Å². The lowest BCUT2D eigenvalue weighted by atomic mass is 10.1. The molecule has 0 aliphatic heterocycles. The van der Waals surface area contributed by atoms with Gasteiger partial charge in [-0.1, -0.05) is 23.7 Å². The molecule has 0 fully saturated rings. The Kier molecular flexibility index (Phi) is 7.79. The Morgan fingerprint density at radius 3 is 2.25 bits per heavy atom. The number of benzene rings is 2. The molecule has 0 unspecified atom stereocenters. The Hall–Kier alpha value is -2.16. The smallest absolute Gasteiger partial charge is 0.304 e. The van der Waals surface area contributed by atoms with E-state index in [1.54, 1.807) is 0 Å². The number of amides is 1. The number of carbonyl (C=O) groups excluding carboxylic acids is 1. The number of nitrogens with zero attached hydrogens (tertiary/aromatic N) is 2. The van der Waals surface area contributed by atoms with Crippen LogP contribution in [0.3, 0.4) is 0 Å². The highest BCUT2D eigenvalue weighted by Crippen LogP contribution is 2.19. The summed E-state index contributed by atoms with van der Waals surface area (Å²) in [5, 5.41) is 3.39. The van der Waals surface area contributed by atoms with Gasteiger partial charge in [-0.05, 0) is 54.8 Å². The second-order valence-electron chi connectivity index (χ2n) is 6.35. The maximum atomic E-state index is 13.2. The van der Waals surface area contributed by atoms with Crippen molar-refractivity contribution in [3.63, 3.8) is 0 Å². The zero-order chi connectivity index (χ0) is 20.7. The van der Waals surface area contributed by atoms with Gasteiger partial charge in [0.05, 0.1) is 5.69 Å². The summed E-state index contributed by atoms with van der Waals surface area (Å²) >= 11 is 5.85. The highest BCUT2D eigenvalue weighted by atomic mass is 35.5. The average Bonchev–Trinajstić information content (AvgIpc) is 2.65. The van der Waals surface area contributed by atoms with Crippen LogP contribution in [0.5, 0.6) is 0 Å². The Morgan fingerprint density at radius 1 is 1.07 bits per heavy atom. The molecule has 6 nitrogen and oxygen atoms in total. The van der Waals surface area contributed by atoms with Gasteiger partial charge in [-0.15, -0.1) is 0 Å². The van der Waals surface area contributed by atoms with Gasteiger partial charge in [0.2, 0.25) is 5.91 Å². The van der Waals surface area contributed by atoms with E-state index in [-0.39, 0.29) is 5.69 Å². The van der Waals surface area contributed by atoms with Crippen LogP contribution in [0, 0.1) is 5.82 Å². The van der Waals surface area contributed by atoms with Crippen molar-refractivity contribution >= 4 is 33.4 Å². The summed E-state index contributed by atoms with van der Waals surface area (Å²) in [5.74, 6) is -0.927. The van der Waals surface area contributed by atoms with Crippen molar-refractivity contribution in [1.82, 2.24) is 9.62 Å². The molecule has 0 aliphatic carbocycles. The van der Waals surface area contributed by atoms with Gasteiger partial charge in [0.1, 0.15) is 12.4 Å². The Bertz CT molecular complexity index is 888. The number of hydrogen-bond donors (Lipinski definition) is 1. The molecule has 2 aromatic carbocycles. The van der Waals surface area contributed by atoms with Crippen molar-refractivity contribution in [3.05, 3.63) is 64.9 Å². The van der Waals surface area contributed by atoms with E-state index in [0.29, 0.717) is 18.0 Å². The lowest BCUT2D eigenvalue weighted by Crippen LogP contribution is -2.46. The van der Waals surface area contributed by atoms with E-state index in [1.165, 1.54) is 26.2 Å². The van der Waals surface area contributed by atoms with Gasteiger partial charge in [0, 0.05) is 25.7 Å². The summed E-state index contributed by atoms with van der Waals surface area (Å²) in [5.41, 5.74) is 1.31. The summed E-state index contributed by atoms with van der Waals surface area (Å²) in [6.45, 7) is 0.00776. The minimum absolute atomic E-state index is 0.214. The number of nitrogens with one attached hydrogen (secondary N) is 1. The number of anilines is 1. The number of rotatable bonds is 9. The maximum Gasteiger partial charge on any atom is 0.304 e. The van der Waals surface area contributed by atoms with Gasteiger partial charge in [-0.2, -0.15) is 12.7 Å². The summed E-state index contributed by atoms with van der Waals surface area (Å²) in [6.07, 6.45) is 1.46. The molecular weight excluding hydrogens is 405 g/mol. The van der Waals surface area contributed by atoms with E-state index < -0.39 is 28.5 Å². The number of hydrogen-bond acceptors (Lipinski definition) is 3. The van der Waals surface area contributed by atoms with Crippen molar-refractivity contribution in [1.29, 1.82) is 0 Å². The molecule has 152 valence electrons. The standard InChI is InChI=1S/C19H23ClFN3O3S/c1-23(2)28(26,27)24(18-11-9-17(21)10-12-18)14-19(25)22-13-3-4-15-5-7-16(20)8-6-15/h5-12H,3-4,13-14H2,1-2H3,(H,22,25). The molecule has 2 rings (SSSR count). The quantitative estimate of drug-likeness (QED) is 0.625. The van der Waals surface area contributed by atoms with Gasteiger partial charge in [0.15, 0.2) is 0 Å². The van der Waals surface area contributed by atoms with E-state index in [0.717, 1.165) is 32.7 Å². The molecule has 0 radical (unpaired) electrons. The molecule has 9 heteroatoms. The van der Waals surface area contributed by atoms with Crippen molar-refractivity contribution < 1.29 is 17.6 Å². The first-order chi connectivity index (χ1) is 13.2. The van der Waals surface area contributed by atoms with Crippen molar-refractivity contribution in [3.8, 4) is 0 Å². The second kappa shape index (κ2) is 9.86. The predicted octanol–water partition coefficient (Wildman–Crippen LogP) is 2.84. The van der Waals surface area contributed by atoms with Crippen molar-refractivity contribution in [2.75, 3.05) is 31.5 Å². The monoisotopic (exact) mass is 427 g/mol. The van der Waals surface area contributed by atoms with Crippen molar-refractivity contribution in [2.45, 2.75) is 12.8 Å². The van der Waals surface area contributed by atoms with E-state index >= 15 is 0 Å². The van der Waals surface area contributed by atoms with E-state index in [2.05, 4.69) is 5.32 Å². The summed E-state index contributed by atoms with van der Waals surface area (Å²) in [6, 6.07) is 12.4. The lowest BCUT2D eigenvalue weighted by molar-refractivity contribution is -0.119. The minimum Gasteiger partial charge on any atom is -0.355 e. The number of halogens is 2. The fraction of sp³-hybridized carbons (Fsp3) is 0.316. The van der Waals surface area contributed by atoms with Gasteiger partial charge in [-0.3, -0.25) is 4.79 Å². The SMILES string of the molecule is CN(C)S(=O)(=O)N(CC(=O)NCCCc1ccc(Cl)cc1)c1ccc(F)cc1. The molecule has 0 saturated carbocycles. The molecule has 28 heavy (non-hydrogen) atoms. The molecule has 2 aromatic rings. The molecule has 1 amide bonds. The first-order valence-electron chi connectivity index (χ1n) is 8.67.